The molecule has 0 saturated carbocycles. The SMILES string of the molecule is COc1ccc(C2C3C(=O)N(Cc4ccccc4)C(=O)C3ON2c2ccccc2)cc1. The molecule has 6 nitrogen and oxygen atoms in total. The number of nitrogens with zero attached hydrogens (tertiary/aromatic N) is 2. The molecule has 31 heavy (non-hydrogen) atoms. The Balaban J connectivity index is 1.52. The van der Waals surface area contributed by atoms with Crippen LogP contribution in [-0.4, -0.2) is 29.9 Å². The number of methoxy groups -OCH3 is 1. The highest BCUT2D eigenvalue weighted by molar-refractivity contribution is 6.07. The van der Waals surface area contributed by atoms with Crippen molar-refractivity contribution in [2.75, 3.05) is 12.2 Å². The molecule has 2 aliphatic rings. The Labute approximate surface area is 180 Å². The Bertz CT molecular complexity index is 1090. The second-order valence-electron chi connectivity index (χ2n) is 7.68. The number of amides is 2. The molecular weight excluding hydrogens is 392 g/mol. The zero-order chi connectivity index (χ0) is 21.4. The van der Waals surface area contributed by atoms with E-state index in [2.05, 4.69) is 0 Å². The standard InChI is InChI=1S/C25H22N2O4/c1-30-20-14-12-18(13-15-20)22-21-23(31-27(22)19-10-6-3-7-11-19)25(29)26(24(21)28)16-17-8-4-2-5-9-17/h2-15,21-23H,16H2,1H3. The van der Waals surface area contributed by atoms with Crippen molar-refractivity contribution >= 4 is 17.5 Å². The van der Waals surface area contributed by atoms with Gasteiger partial charge < -0.3 is 4.74 Å². The number of hydrogen-bond acceptors (Lipinski definition) is 5. The number of ether oxygens (including phenoxy) is 1. The lowest BCUT2D eigenvalue weighted by molar-refractivity contribution is -0.143. The van der Waals surface area contributed by atoms with Gasteiger partial charge in [0.15, 0.2) is 6.10 Å². The number of carbonyl (C=O) groups excluding carboxylic acids is 2. The Kier molecular flexibility index (Phi) is 4.92. The number of likely N-dealkylation sites (tertiary alicyclic amines) is 1. The van der Waals surface area contributed by atoms with Crippen LogP contribution in [0.3, 0.4) is 0 Å². The fourth-order valence-electron chi connectivity index (χ4n) is 4.33. The highest BCUT2D eigenvalue weighted by atomic mass is 16.7. The molecule has 3 unspecified atom stereocenters. The molecule has 0 radical (unpaired) electrons. The van der Waals surface area contributed by atoms with Crippen molar-refractivity contribution in [1.29, 1.82) is 0 Å². The summed E-state index contributed by atoms with van der Waals surface area (Å²) in [6.45, 7) is 0.246. The molecule has 0 aromatic heterocycles. The summed E-state index contributed by atoms with van der Waals surface area (Å²) in [6, 6.07) is 26.2. The number of hydroxylamine groups is 1. The van der Waals surface area contributed by atoms with E-state index in [4.69, 9.17) is 9.57 Å². The van der Waals surface area contributed by atoms with Gasteiger partial charge in [0.1, 0.15) is 11.7 Å². The number of para-hydroxylation sites is 1. The molecule has 0 N–H and O–H groups in total. The number of carbonyl (C=O) groups is 2. The lowest BCUT2D eigenvalue weighted by atomic mass is 9.90. The van der Waals surface area contributed by atoms with Crippen LogP contribution in [-0.2, 0) is 21.0 Å². The summed E-state index contributed by atoms with van der Waals surface area (Å²) in [4.78, 5) is 34.1. The number of fused-ring (bicyclic) bond motifs is 1. The van der Waals surface area contributed by atoms with Crippen molar-refractivity contribution in [3.63, 3.8) is 0 Å². The van der Waals surface area contributed by atoms with Crippen molar-refractivity contribution in [1.82, 2.24) is 4.90 Å². The van der Waals surface area contributed by atoms with Crippen molar-refractivity contribution in [2.45, 2.75) is 18.7 Å². The average Bonchev–Trinajstić information content (AvgIpc) is 3.32. The largest absolute Gasteiger partial charge is 0.497 e. The van der Waals surface area contributed by atoms with E-state index in [1.807, 2.05) is 84.9 Å². The van der Waals surface area contributed by atoms with Gasteiger partial charge in [-0.15, -0.1) is 0 Å². The zero-order valence-corrected chi connectivity index (χ0v) is 17.0. The molecule has 2 amide bonds. The summed E-state index contributed by atoms with van der Waals surface area (Å²) in [5.74, 6) is -0.399. The van der Waals surface area contributed by atoms with Crippen molar-refractivity contribution in [2.24, 2.45) is 5.92 Å². The Morgan fingerprint density at radius 2 is 1.48 bits per heavy atom. The third-order valence-corrected chi connectivity index (χ3v) is 5.86. The minimum Gasteiger partial charge on any atom is -0.497 e. The van der Waals surface area contributed by atoms with Crippen LogP contribution in [0.4, 0.5) is 5.69 Å². The van der Waals surface area contributed by atoms with Gasteiger partial charge in [-0.3, -0.25) is 19.3 Å². The molecule has 0 aliphatic carbocycles. The lowest BCUT2D eigenvalue weighted by Crippen LogP contribution is -2.36. The van der Waals surface area contributed by atoms with Gasteiger partial charge in [-0.25, -0.2) is 5.06 Å². The quantitative estimate of drug-likeness (QED) is 0.596. The second-order valence-corrected chi connectivity index (χ2v) is 7.68. The van der Waals surface area contributed by atoms with Gasteiger partial charge in [-0.1, -0.05) is 60.7 Å². The van der Waals surface area contributed by atoms with E-state index in [0.717, 1.165) is 22.6 Å². The fraction of sp³-hybridized carbons (Fsp3) is 0.200. The molecule has 0 bridgehead atoms. The van der Waals surface area contributed by atoms with Gasteiger partial charge in [0, 0.05) is 0 Å². The molecule has 0 spiro atoms. The second kappa shape index (κ2) is 7.89. The molecular formula is C25H22N2O4. The fourth-order valence-corrected chi connectivity index (χ4v) is 4.33. The van der Waals surface area contributed by atoms with Crippen LogP contribution in [0.15, 0.2) is 84.9 Å². The van der Waals surface area contributed by atoms with Gasteiger partial charge >= 0.3 is 0 Å². The summed E-state index contributed by atoms with van der Waals surface area (Å²) >= 11 is 0. The summed E-state index contributed by atoms with van der Waals surface area (Å²) in [6.07, 6.45) is -0.844. The lowest BCUT2D eigenvalue weighted by Gasteiger charge is -2.28. The summed E-state index contributed by atoms with van der Waals surface area (Å²) in [5.41, 5.74) is 2.60. The van der Waals surface area contributed by atoms with E-state index >= 15 is 0 Å². The molecule has 6 heteroatoms. The Morgan fingerprint density at radius 3 is 2.13 bits per heavy atom. The maximum atomic E-state index is 13.5. The monoisotopic (exact) mass is 414 g/mol. The maximum absolute atomic E-state index is 13.5. The van der Waals surface area contributed by atoms with E-state index in [-0.39, 0.29) is 18.4 Å². The van der Waals surface area contributed by atoms with E-state index in [1.165, 1.54) is 4.90 Å². The van der Waals surface area contributed by atoms with Crippen molar-refractivity contribution in [3.8, 4) is 5.75 Å². The van der Waals surface area contributed by atoms with Gasteiger partial charge in [-0.2, -0.15) is 0 Å². The first-order valence-electron chi connectivity index (χ1n) is 10.2. The van der Waals surface area contributed by atoms with Crippen LogP contribution in [0.5, 0.6) is 5.75 Å². The minimum absolute atomic E-state index is 0.210. The topological polar surface area (TPSA) is 59.1 Å². The Hall–Kier alpha value is -3.64. The van der Waals surface area contributed by atoms with Crippen LogP contribution in [0, 0.1) is 5.92 Å². The van der Waals surface area contributed by atoms with Crippen LogP contribution in [0.2, 0.25) is 0 Å². The number of imide groups is 1. The summed E-state index contributed by atoms with van der Waals surface area (Å²) in [7, 11) is 1.61. The highest BCUT2D eigenvalue weighted by Gasteiger charge is 2.59. The number of benzene rings is 3. The summed E-state index contributed by atoms with van der Waals surface area (Å²) in [5, 5.41) is 1.70. The van der Waals surface area contributed by atoms with Crippen molar-refractivity contribution < 1.29 is 19.2 Å². The number of anilines is 1. The highest BCUT2D eigenvalue weighted by Crippen LogP contribution is 2.47. The van der Waals surface area contributed by atoms with Crippen LogP contribution >= 0.6 is 0 Å². The van der Waals surface area contributed by atoms with Crippen LogP contribution in [0.1, 0.15) is 17.2 Å². The zero-order valence-electron chi connectivity index (χ0n) is 17.0. The van der Waals surface area contributed by atoms with E-state index in [9.17, 15) is 9.59 Å². The predicted octanol–water partition coefficient (Wildman–Crippen LogP) is 3.74. The summed E-state index contributed by atoms with van der Waals surface area (Å²) < 4.78 is 5.28. The first kappa shape index (κ1) is 19.3. The third kappa shape index (κ3) is 3.35. The van der Waals surface area contributed by atoms with E-state index in [1.54, 1.807) is 12.2 Å². The third-order valence-electron chi connectivity index (χ3n) is 5.86. The number of rotatable bonds is 5. The van der Waals surface area contributed by atoms with Gasteiger partial charge in [0.2, 0.25) is 5.91 Å². The molecule has 2 saturated heterocycles. The molecule has 2 aliphatic heterocycles. The van der Waals surface area contributed by atoms with Crippen molar-refractivity contribution in [3.05, 3.63) is 96.1 Å². The predicted molar refractivity (Wildman–Crippen MR) is 115 cm³/mol. The molecule has 3 atom stereocenters. The van der Waals surface area contributed by atoms with Crippen LogP contribution in [0.25, 0.3) is 0 Å². The molecule has 5 rings (SSSR count). The van der Waals surface area contributed by atoms with Gasteiger partial charge in [0.05, 0.1) is 25.4 Å². The molecule has 3 aromatic rings. The first-order chi connectivity index (χ1) is 15.2. The molecule has 3 aromatic carbocycles. The average molecular weight is 414 g/mol. The van der Waals surface area contributed by atoms with E-state index < -0.39 is 18.1 Å². The van der Waals surface area contributed by atoms with Crippen LogP contribution < -0.4 is 9.80 Å². The molecule has 156 valence electrons. The number of hydrogen-bond donors (Lipinski definition) is 0. The first-order valence-corrected chi connectivity index (χ1v) is 10.2. The minimum atomic E-state index is -0.844. The smallest absolute Gasteiger partial charge is 0.262 e. The van der Waals surface area contributed by atoms with E-state index in [0.29, 0.717) is 0 Å². The Morgan fingerprint density at radius 1 is 0.839 bits per heavy atom. The molecule has 2 heterocycles. The van der Waals surface area contributed by atoms with Gasteiger partial charge in [-0.05, 0) is 35.4 Å². The van der Waals surface area contributed by atoms with Gasteiger partial charge in [0.25, 0.3) is 5.91 Å². The molecule has 2 fully saturated rings. The maximum Gasteiger partial charge on any atom is 0.262 e. The normalized spacial score (nSPS) is 22.7.